The monoisotopic (exact) mass is 395 g/mol. The topological polar surface area (TPSA) is 56.1 Å². The largest absolute Gasteiger partial charge is 0.417 e. The van der Waals surface area contributed by atoms with Crippen LogP contribution < -0.4 is 0 Å². The van der Waals surface area contributed by atoms with Gasteiger partial charge in [0.2, 0.25) is 0 Å². The minimum Gasteiger partial charge on any atom is -0.375 e. The third-order valence-corrected chi connectivity index (χ3v) is 4.72. The quantitative estimate of drug-likeness (QED) is 0.799. The number of ether oxygens (including phenoxy) is 1. The molecule has 0 aliphatic carbocycles. The van der Waals surface area contributed by atoms with Gasteiger partial charge in [0.1, 0.15) is 0 Å². The van der Waals surface area contributed by atoms with E-state index in [0.717, 1.165) is 19.0 Å². The molecule has 0 saturated carbocycles. The summed E-state index contributed by atoms with van der Waals surface area (Å²) in [5, 5.41) is 11.0. The standard InChI is InChI=1S/C14H13ClF3N5O.ClH/c15-12-2-1-8(4-11(12)14(16,17)18)23-13(19-20-21-23)6-22-5-10-3-9(22)7-24-10;/h1-2,4,9-10H,3,5-7H2;1H/t9-,10-;/m0./s1. The van der Waals surface area contributed by atoms with Gasteiger partial charge in [-0.25, -0.2) is 0 Å². The molecule has 0 spiro atoms. The van der Waals surface area contributed by atoms with E-state index in [1.54, 1.807) is 0 Å². The average Bonchev–Trinajstić information content (AvgIpc) is 3.23. The van der Waals surface area contributed by atoms with Crippen LogP contribution in [-0.2, 0) is 17.5 Å². The van der Waals surface area contributed by atoms with Crippen LogP contribution in [0.1, 0.15) is 17.8 Å². The summed E-state index contributed by atoms with van der Waals surface area (Å²) in [6.45, 7) is 1.92. The first-order valence-corrected chi connectivity index (χ1v) is 7.79. The molecule has 136 valence electrons. The van der Waals surface area contributed by atoms with Crippen LogP contribution in [0.2, 0.25) is 5.02 Å². The van der Waals surface area contributed by atoms with E-state index in [1.807, 2.05) is 0 Å². The van der Waals surface area contributed by atoms with Crippen LogP contribution in [0, 0.1) is 0 Å². The van der Waals surface area contributed by atoms with E-state index in [0.29, 0.717) is 25.0 Å². The fourth-order valence-corrected chi connectivity index (χ4v) is 3.45. The van der Waals surface area contributed by atoms with Crippen LogP contribution in [0.15, 0.2) is 18.2 Å². The number of alkyl halides is 3. The first-order chi connectivity index (χ1) is 11.4. The van der Waals surface area contributed by atoms with Crippen LogP contribution in [-0.4, -0.2) is 50.4 Å². The van der Waals surface area contributed by atoms with Gasteiger partial charge < -0.3 is 4.74 Å². The molecular weight excluding hydrogens is 382 g/mol. The summed E-state index contributed by atoms with van der Waals surface area (Å²) in [7, 11) is 0. The van der Waals surface area contributed by atoms with Crippen molar-refractivity contribution < 1.29 is 17.9 Å². The summed E-state index contributed by atoms with van der Waals surface area (Å²) in [5.41, 5.74) is -0.677. The van der Waals surface area contributed by atoms with Gasteiger partial charge >= 0.3 is 6.18 Å². The number of hydrogen-bond donors (Lipinski definition) is 0. The van der Waals surface area contributed by atoms with Gasteiger partial charge in [-0.05, 0) is 35.0 Å². The van der Waals surface area contributed by atoms with E-state index >= 15 is 0 Å². The van der Waals surface area contributed by atoms with Crippen LogP contribution in [0.25, 0.3) is 5.69 Å². The van der Waals surface area contributed by atoms with Crippen LogP contribution in [0.5, 0.6) is 0 Å². The van der Waals surface area contributed by atoms with Crippen molar-refractivity contribution in [2.75, 3.05) is 13.2 Å². The number of hydrogen-bond acceptors (Lipinski definition) is 5. The van der Waals surface area contributed by atoms with Gasteiger partial charge in [-0.2, -0.15) is 17.9 Å². The normalized spacial score (nSPS) is 23.0. The first-order valence-electron chi connectivity index (χ1n) is 7.42. The number of benzene rings is 1. The van der Waals surface area contributed by atoms with Gasteiger partial charge in [0, 0.05) is 12.6 Å². The van der Waals surface area contributed by atoms with Crippen molar-refractivity contribution in [2.24, 2.45) is 0 Å². The molecule has 0 unspecified atom stereocenters. The Labute approximate surface area is 152 Å². The fourth-order valence-electron chi connectivity index (χ4n) is 3.22. The van der Waals surface area contributed by atoms with Crippen LogP contribution in [0.4, 0.5) is 13.2 Å². The number of tetrazole rings is 1. The lowest BCUT2D eigenvalue weighted by Crippen LogP contribution is -2.37. The molecule has 2 aliphatic heterocycles. The van der Waals surface area contributed by atoms with Crippen molar-refractivity contribution >= 4 is 24.0 Å². The van der Waals surface area contributed by atoms with E-state index in [-0.39, 0.29) is 29.2 Å². The molecule has 3 heterocycles. The smallest absolute Gasteiger partial charge is 0.375 e. The van der Waals surface area contributed by atoms with Gasteiger partial charge in [0.05, 0.1) is 35.5 Å². The fraction of sp³-hybridized carbons (Fsp3) is 0.500. The maximum atomic E-state index is 13.0. The summed E-state index contributed by atoms with van der Waals surface area (Å²) >= 11 is 5.66. The Morgan fingerprint density at radius 1 is 1.32 bits per heavy atom. The van der Waals surface area contributed by atoms with Gasteiger partial charge in [-0.3, -0.25) is 4.90 Å². The van der Waals surface area contributed by atoms with Gasteiger partial charge in [0.15, 0.2) is 5.82 Å². The van der Waals surface area contributed by atoms with Crippen molar-refractivity contribution in [1.82, 2.24) is 25.1 Å². The first kappa shape index (κ1) is 18.4. The Morgan fingerprint density at radius 2 is 2.12 bits per heavy atom. The Hall–Kier alpha value is -1.42. The number of rotatable bonds is 3. The molecule has 2 aromatic rings. The summed E-state index contributed by atoms with van der Waals surface area (Å²) in [5.74, 6) is 0.484. The molecule has 11 heteroatoms. The summed E-state index contributed by atoms with van der Waals surface area (Å²) in [4.78, 5) is 2.19. The van der Waals surface area contributed by atoms with Gasteiger partial charge in [-0.1, -0.05) is 11.6 Å². The van der Waals surface area contributed by atoms with Gasteiger partial charge in [0.25, 0.3) is 0 Å². The second-order valence-electron chi connectivity index (χ2n) is 5.94. The van der Waals surface area contributed by atoms with Crippen molar-refractivity contribution in [2.45, 2.75) is 31.3 Å². The summed E-state index contributed by atoms with van der Waals surface area (Å²) < 4.78 is 46.0. The van der Waals surface area contributed by atoms with Crippen LogP contribution in [0.3, 0.4) is 0 Å². The molecule has 0 N–H and O–H groups in total. The predicted molar refractivity (Wildman–Crippen MR) is 85.0 cm³/mol. The molecule has 2 atom stereocenters. The molecule has 1 aromatic carbocycles. The molecule has 25 heavy (non-hydrogen) atoms. The molecule has 2 fully saturated rings. The molecule has 2 bridgehead atoms. The van der Waals surface area contributed by atoms with Crippen molar-refractivity contribution in [3.63, 3.8) is 0 Å². The third kappa shape index (κ3) is 3.46. The Bertz CT molecular complexity index is 769. The van der Waals surface area contributed by atoms with E-state index in [1.165, 1.54) is 16.8 Å². The predicted octanol–water partition coefficient (Wildman–Crippen LogP) is 2.73. The minimum atomic E-state index is -4.54. The molecular formula is C14H14Cl2F3N5O. The van der Waals surface area contributed by atoms with E-state index < -0.39 is 11.7 Å². The molecule has 2 aliphatic rings. The van der Waals surface area contributed by atoms with E-state index in [9.17, 15) is 13.2 Å². The SMILES string of the molecule is Cl.FC(F)(F)c1cc(-n2nnnc2CN2C[C@@H]3C[C@H]2CO3)ccc1Cl. The lowest BCUT2D eigenvalue weighted by molar-refractivity contribution is -0.137. The van der Waals surface area contributed by atoms with Gasteiger partial charge in [-0.15, -0.1) is 17.5 Å². The zero-order valence-corrected chi connectivity index (χ0v) is 14.4. The number of aromatic nitrogens is 4. The molecule has 0 radical (unpaired) electrons. The zero-order valence-electron chi connectivity index (χ0n) is 12.8. The average molecular weight is 396 g/mol. The molecule has 1 aromatic heterocycles. The molecule has 2 saturated heterocycles. The molecule has 4 rings (SSSR count). The lowest BCUT2D eigenvalue weighted by Gasteiger charge is -2.25. The minimum absolute atomic E-state index is 0. The van der Waals surface area contributed by atoms with Crippen molar-refractivity contribution in [3.8, 4) is 5.69 Å². The highest BCUT2D eigenvalue weighted by Crippen LogP contribution is 2.36. The number of fused-ring (bicyclic) bond motifs is 2. The highest BCUT2D eigenvalue weighted by Gasteiger charge is 2.39. The molecule has 6 nitrogen and oxygen atoms in total. The zero-order chi connectivity index (χ0) is 16.9. The summed E-state index contributed by atoms with van der Waals surface area (Å²) in [6.07, 6.45) is -3.33. The third-order valence-electron chi connectivity index (χ3n) is 4.39. The Kier molecular flexibility index (Phi) is 4.93. The molecule has 0 amide bonds. The number of nitrogens with zero attached hydrogens (tertiary/aromatic N) is 5. The second-order valence-corrected chi connectivity index (χ2v) is 6.35. The van der Waals surface area contributed by atoms with Crippen LogP contribution >= 0.6 is 24.0 Å². The lowest BCUT2D eigenvalue weighted by atomic mass is 10.2. The van der Waals surface area contributed by atoms with E-state index in [4.69, 9.17) is 16.3 Å². The number of halogens is 5. The maximum Gasteiger partial charge on any atom is 0.417 e. The highest BCUT2D eigenvalue weighted by atomic mass is 35.5. The Balaban J connectivity index is 0.00000182. The Morgan fingerprint density at radius 3 is 2.76 bits per heavy atom. The second kappa shape index (κ2) is 6.71. The summed E-state index contributed by atoms with van der Waals surface area (Å²) in [6, 6.07) is 3.95. The van der Waals surface area contributed by atoms with Crippen molar-refractivity contribution in [1.29, 1.82) is 0 Å². The van der Waals surface area contributed by atoms with Crippen molar-refractivity contribution in [3.05, 3.63) is 34.6 Å². The number of morpholine rings is 1. The maximum absolute atomic E-state index is 13.0. The van der Waals surface area contributed by atoms with E-state index in [2.05, 4.69) is 20.4 Å². The number of likely N-dealkylation sites (tertiary alicyclic amines) is 1. The highest BCUT2D eigenvalue weighted by molar-refractivity contribution is 6.31.